The van der Waals surface area contributed by atoms with Crippen LogP contribution in [0, 0.1) is 4.77 Å². The van der Waals surface area contributed by atoms with Gasteiger partial charge in [-0.3, -0.25) is 10.1 Å². The van der Waals surface area contributed by atoms with Crippen molar-refractivity contribution in [2.24, 2.45) is 16.2 Å². The van der Waals surface area contributed by atoms with Crippen LogP contribution in [0.25, 0.3) is 0 Å². The molecule has 0 aliphatic carbocycles. The van der Waals surface area contributed by atoms with E-state index in [1.54, 1.807) is 4.57 Å². The number of H-pyrrole nitrogens is 1. The standard InChI is InChI=1S/C10H17N6O4PS/c11-8-7-9(14-3-13-8)16(10(22)15-7)6-1-4(20-21(12)18)5(2-17)19-6/h4-6,14,17-18H,1-3,12H2,(H2,11,13)(H,15,22)/t4-,5+,6+,21?/m0/s1. The summed E-state index contributed by atoms with van der Waals surface area (Å²) in [6, 6.07) is 0. The molecule has 0 aromatic carbocycles. The van der Waals surface area contributed by atoms with Gasteiger partial charge in [0.1, 0.15) is 36.3 Å². The molecule has 1 unspecified atom stereocenters. The zero-order valence-corrected chi connectivity index (χ0v) is 13.2. The van der Waals surface area contributed by atoms with Crippen molar-refractivity contribution in [3.63, 3.8) is 0 Å². The highest BCUT2D eigenvalue weighted by molar-refractivity contribution is 7.71. The quantitative estimate of drug-likeness (QED) is 0.313. The number of aliphatic hydroxyl groups is 1. The molecule has 8 N–H and O–H groups in total. The number of nitrogens with two attached hydrogens (primary N) is 2. The van der Waals surface area contributed by atoms with E-state index >= 15 is 0 Å². The highest BCUT2D eigenvalue weighted by atomic mass is 32.1. The van der Waals surface area contributed by atoms with Crippen molar-refractivity contribution in [2.75, 3.05) is 18.6 Å². The summed E-state index contributed by atoms with van der Waals surface area (Å²) in [5.41, 5.74) is 11.7. The van der Waals surface area contributed by atoms with Crippen molar-refractivity contribution in [1.29, 1.82) is 0 Å². The van der Waals surface area contributed by atoms with Crippen molar-refractivity contribution < 1.29 is 19.3 Å². The number of rotatable bonds is 4. The lowest BCUT2D eigenvalue weighted by molar-refractivity contribution is -0.0400. The summed E-state index contributed by atoms with van der Waals surface area (Å²) in [7, 11) is -2.03. The highest BCUT2D eigenvalue weighted by Gasteiger charge is 2.39. The smallest absolute Gasteiger partial charge is 0.250 e. The Hall–Kier alpha value is -1.07. The van der Waals surface area contributed by atoms with Gasteiger partial charge < -0.3 is 35.3 Å². The van der Waals surface area contributed by atoms with Gasteiger partial charge in [0.2, 0.25) is 8.53 Å². The SMILES string of the molecule is NC1=NCNc2c1[nH]c(=S)n2[C@H]1C[C@H](OP(N)O)[C@@H](CO)O1. The summed E-state index contributed by atoms with van der Waals surface area (Å²) in [5, 5.41) is 12.5. The van der Waals surface area contributed by atoms with Gasteiger partial charge in [0.15, 0.2) is 4.77 Å². The molecular weight excluding hydrogens is 331 g/mol. The Kier molecular flexibility index (Phi) is 4.46. The van der Waals surface area contributed by atoms with Crippen LogP contribution in [0.15, 0.2) is 4.99 Å². The minimum atomic E-state index is -2.03. The summed E-state index contributed by atoms with van der Waals surface area (Å²) in [4.78, 5) is 16.3. The number of aliphatic imine (C=N–C) groups is 1. The third kappa shape index (κ3) is 2.76. The number of aromatic nitrogens is 2. The second-order valence-electron chi connectivity index (χ2n) is 4.90. The Balaban J connectivity index is 1.90. The van der Waals surface area contributed by atoms with Gasteiger partial charge in [-0.2, -0.15) is 0 Å². The molecule has 12 heteroatoms. The second-order valence-corrected chi connectivity index (χ2v) is 6.10. The van der Waals surface area contributed by atoms with Crippen LogP contribution in [0.3, 0.4) is 0 Å². The molecule has 1 aromatic rings. The van der Waals surface area contributed by atoms with Crippen molar-refractivity contribution in [1.82, 2.24) is 9.55 Å². The number of nitrogens with zero attached hydrogens (tertiary/aromatic N) is 2. The fourth-order valence-corrected chi connectivity index (χ4v) is 3.44. The Bertz CT molecular complexity index is 646. The number of anilines is 1. The van der Waals surface area contributed by atoms with Crippen molar-refractivity contribution in [2.45, 2.75) is 24.9 Å². The molecule has 0 amide bonds. The van der Waals surface area contributed by atoms with Gasteiger partial charge in [-0.15, -0.1) is 0 Å². The molecule has 122 valence electrons. The van der Waals surface area contributed by atoms with Crippen LogP contribution in [0.4, 0.5) is 5.82 Å². The maximum absolute atomic E-state index is 9.40. The van der Waals surface area contributed by atoms with E-state index in [-0.39, 0.29) is 6.61 Å². The molecule has 3 heterocycles. The molecule has 10 nitrogen and oxygen atoms in total. The van der Waals surface area contributed by atoms with Crippen LogP contribution in [0.2, 0.25) is 0 Å². The molecule has 0 saturated carbocycles. The average Bonchev–Trinajstić information content (AvgIpc) is 2.99. The van der Waals surface area contributed by atoms with Crippen LogP contribution in [-0.4, -0.2) is 50.9 Å². The number of amidine groups is 1. The van der Waals surface area contributed by atoms with Gasteiger partial charge in [0, 0.05) is 6.42 Å². The Morgan fingerprint density at radius 3 is 3.05 bits per heavy atom. The van der Waals surface area contributed by atoms with Gasteiger partial charge in [0.25, 0.3) is 0 Å². The van der Waals surface area contributed by atoms with Gasteiger partial charge in [-0.05, 0) is 12.2 Å². The largest absolute Gasteiger partial charge is 0.394 e. The van der Waals surface area contributed by atoms with E-state index in [9.17, 15) is 10.00 Å². The summed E-state index contributed by atoms with van der Waals surface area (Å²) in [6.07, 6.45) is -1.19. The number of hydrogen-bond acceptors (Lipinski definition) is 9. The lowest BCUT2D eigenvalue weighted by Gasteiger charge is -2.19. The topological polar surface area (TPSA) is 156 Å². The molecule has 0 radical (unpaired) electrons. The average molecular weight is 348 g/mol. The van der Waals surface area contributed by atoms with Crippen LogP contribution in [-0.2, 0) is 9.26 Å². The minimum Gasteiger partial charge on any atom is -0.394 e. The highest BCUT2D eigenvalue weighted by Crippen LogP contribution is 2.38. The van der Waals surface area contributed by atoms with Crippen LogP contribution >= 0.6 is 20.7 Å². The minimum absolute atomic E-state index is 0.249. The molecule has 2 aliphatic heterocycles. The van der Waals surface area contributed by atoms with Crippen LogP contribution in [0.5, 0.6) is 0 Å². The Morgan fingerprint density at radius 1 is 1.59 bits per heavy atom. The number of aromatic amines is 1. The third-order valence-electron chi connectivity index (χ3n) is 3.57. The number of fused-ring (bicyclic) bond motifs is 1. The molecule has 1 saturated heterocycles. The van der Waals surface area contributed by atoms with E-state index in [0.717, 1.165) is 0 Å². The van der Waals surface area contributed by atoms with E-state index in [4.69, 9.17) is 32.7 Å². The van der Waals surface area contributed by atoms with E-state index < -0.39 is 27.0 Å². The normalized spacial score (nSPS) is 28.9. The van der Waals surface area contributed by atoms with Gasteiger partial charge in [-0.25, -0.2) is 4.99 Å². The Morgan fingerprint density at radius 2 is 2.36 bits per heavy atom. The first-order valence-electron chi connectivity index (χ1n) is 6.56. The monoisotopic (exact) mass is 348 g/mol. The van der Waals surface area contributed by atoms with Crippen molar-refractivity contribution in [3.05, 3.63) is 10.5 Å². The predicted octanol–water partition coefficient (Wildman–Crippen LogP) is -0.523. The summed E-state index contributed by atoms with van der Waals surface area (Å²) in [6.45, 7) is 0.0909. The maximum Gasteiger partial charge on any atom is 0.250 e. The fourth-order valence-electron chi connectivity index (χ4n) is 2.63. The number of nitrogens with one attached hydrogen (secondary N) is 2. The molecule has 0 spiro atoms. The number of imidazole rings is 1. The zero-order valence-electron chi connectivity index (χ0n) is 11.5. The molecule has 2 aliphatic rings. The van der Waals surface area contributed by atoms with Gasteiger partial charge in [0.05, 0.1) is 12.7 Å². The van der Waals surface area contributed by atoms with Gasteiger partial charge in [-0.1, -0.05) is 0 Å². The van der Waals surface area contributed by atoms with E-state index in [1.165, 1.54) is 0 Å². The Labute approximate surface area is 132 Å². The summed E-state index contributed by atoms with van der Waals surface area (Å²) < 4.78 is 13.2. The van der Waals surface area contributed by atoms with Crippen molar-refractivity contribution >= 4 is 32.4 Å². The first-order chi connectivity index (χ1) is 10.5. The lowest BCUT2D eigenvalue weighted by Crippen LogP contribution is -2.27. The number of aliphatic hydroxyl groups excluding tert-OH is 1. The number of ether oxygens (including phenoxy) is 1. The molecule has 22 heavy (non-hydrogen) atoms. The molecular formula is C10H17N6O4PS. The molecule has 3 rings (SSSR count). The first-order valence-corrected chi connectivity index (χ1v) is 8.25. The van der Waals surface area contributed by atoms with Crippen LogP contribution < -0.4 is 16.6 Å². The van der Waals surface area contributed by atoms with E-state index in [0.29, 0.717) is 35.2 Å². The zero-order chi connectivity index (χ0) is 15.9. The van der Waals surface area contributed by atoms with Crippen LogP contribution in [0.1, 0.15) is 18.3 Å². The lowest BCUT2D eigenvalue weighted by atomic mass is 10.2. The van der Waals surface area contributed by atoms with E-state index in [2.05, 4.69) is 15.3 Å². The van der Waals surface area contributed by atoms with Gasteiger partial charge >= 0.3 is 0 Å². The molecule has 1 aromatic heterocycles. The molecule has 1 fully saturated rings. The third-order valence-corrected chi connectivity index (χ3v) is 4.36. The fraction of sp³-hybridized carbons (Fsp3) is 0.600. The first kappa shape index (κ1) is 15.8. The maximum atomic E-state index is 9.40. The molecule has 0 bridgehead atoms. The van der Waals surface area contributed by atoms with E-state index in [1.807, 2.05) is 0 Å². The second kappa shape index (κ2) is 6.20. The predicted molar refractivity (Wildman–Crippen MR) is 82.6 cm³/mol. The summed E-state index contributed by atoms with van der Waals surface area (Å²) in [5.74, 6) is 1.04. The van der Waals surface area contributed by atoms with Crippen molar-refractivity contribution in [3.8, 4) is 0 Å². The summed E-state index contributed by atoms with van der Waals surface area (Å²) >= 11 is 5.32. The molecule has 4 atom stereocenters. The number of hydrogen-bond donors (Lipinski definition) is 6.